The van der Waals surface area contributed by atoms with Crippen molar-refractivity contribution in [3.63, 3.8) is 0 Å². The van der Waals surface area contributed by atoms with Gasteiger partial charge < -0.3 is 16.2 Å². The summed E-state index contributed by atoms with van der Waals surface area (Å²) in [7, 11) is 0. The van der Waals surface area contributed by atoms with E-state index in [1.807, 2.05) is 0 Å². The number of carbonyl (C=O) groups is 3. The summed E-state index contributed by atoms with van der Waals surface area (Å²) in [5, 5.41) is 16.9. The van der Waals surface area contributed by atoms with E-state index in [-0.39, 0.29) is 27.8 Å². The zero-order chi connectivity index (χ0) is 20.5. The number of nitrogens with zero attached hydrogens (tertiary/aromatic N) is 1. The number of aromatic nitrogens is 1. The van der Waals surface area contributed by atoms with Crippen LogP contribution in [0.3, 0.4) is 0 Å². The van der Waals surface area contributed by atoms with Gasteiger partial charge in [-0.25, -0.2) is 9.36 Å². The smallest absolute Gasteiger partial charge is 0.326 e. The molecule has 0 atom stereocenters. The lowest BCUT2D eigenvalue weighted by molar-refractivity contribution is 0.102. The zero-order valence-corrected chi connectivity index (χ0v) is 15.8. The van der Waals surface area contributed by atoms with E-state index in [1.165, 1.54) is 17.4 Å². The molecule has 0 saturated carbocycles. The van der Waals surface area contributed by atoms with Crippen molar-refractivity contribution in [2.45, 2.75) is 0 Å². The van der Waals surface area contributed by atoms with E-state index in [1.54, 1.807) is 59.3 Å². The van der Waals surface area contributed by atoms with Gasteiger partial charge in [0.05, 0.1) is 5.52 Å². The van der Waals surface area contributed by atoms with Crippen molar-refractivity contribution in [2.24, 2.45) is 5.73 Å². The van der Waals surface area contributed by atoms with Crippen molar-refractivity contribution in [3.05, 3.63) is 82.0 Å². The molecule has 2 heterocycles. The Morgan fingerprint density at radius 1 is 1.00 bits per heavy atom. The first-order valence-corrected chi connectivity index (χ1v) is 9.53. The second kappa shape index (κ2) is 7.25. The van der Waals surface area contributed by atoms with Crippen LogP contribution in [0.1, 0.15) is 26.3 Å². The Labute approximate surface area is 169 Å². The van der Waals surface area contributed by atoms with Gasteiger partial charge in [0.1, 0.15) is 5.56 Å². The number of primary amides is 1. The van der Waals surface area contributed by atoms with Gasteiger partial charge in [-0.2, -0.15) is 11.3 Å². The summed E-state index contributed by atoms with van der Waals surface area (Å²) >= 11 is 1.36. The van der Waals surface area contributed by atoms with Gasteiger partial charge in [0.2, 0.25) is 5.88 Å². The fraction of sp³-hybridized carbons (Fsp3) is 0. The van der Waals surface area contributed by atoms with Gasteiger partial charge in [-0.3, -0.25) is 9.59 Å². The predicted molar refractivity (Wildman–Crippen MR) is 111 cm³/mol. The monoisotopic (exact) mass is 405 g/mol. The maximum atomic E-state index is 13.0. The van der Waals surface area contributed by atoms with Gasteiger partial charge in [-0.1, -0.05) is 30.3 Å². The minimum atomic E-state index is -0.966. The number of fused-ring (bicyclic) bond motifs is 1. The number of para-hydroxylation sites is 1. The van der Waals surface area contributed by atoms with Gasteiger partial charge in [0.25, 0.3) is 5.91 Å². The number of nitrogens with two attached hydrogens (primary N) is 1. The summed E-state index contributed by atoms with van der Waals surface area (Å²) in [6.45, 7) is 0. The molecule has 0 radical (unpaired) electrons. The normalized spacial score (nSPS) is 10.8. The third-order valence-corrected chi connectivity index (χ3v) is 5.16. The molecule has 144 valence electrons. The molecule has 2 aromatic heterocycles. The van der Waals surface area contributed by atoms with Gasteiger partial charge in [0, 0.05) is 27.6 Å². The van der Waals surface area contributed by atoms with Crippen molar-refractivity contribution in [1.82, 2.24) is 4.57 Å². The SMILES string of the molecule is NC(=O)n1c(O)c(C(=O)Nc2ccccc2)c2c(C(=O)c3ccsc3)cccc21. The van der Waals surface area contributed by atoms with Gasteiger partial charge in [-0.05, 0) is 29.6 Å². The second-order valence-corrected chi connectivity index (χ2v) is 7.01. The Morgan fingerprint density at radius 2 is 1.76 bits per heavy atom. The number of benzene rings is 2. The van der Waals surface area contributed by atoms with Gasteiger partial charge in [-0.15, -0.1) is 0 Å². The number of hydrogen-bond donors (Lipinski definition) is 3. The van der Waals surface area contributed by atoms with Crippen LogP contribution in [0.2, 0.25) is 0 Å². The highest BCUT2D eigenvalue weighted by Crippen LogP contribution is 2.35. The van der Waals surface area contributed by atoms with Crippen molar-refractivity contribution < 1.29 is 19.5 Å². The van der Waals surface area contributed by atoms with E-state index in [2.05, 4.69) is 5.32 Å². The largest absolute Gasteiger partial charge is 0.494 e. The van der Waals surface area contributed by atoms with Crippen molar-refractivity contribution in [3.8, 4) is 5.88 Å². The molecular weight excluding hydrogens is 390 g/mol. The highest BCUT2D eigenvalue weighted by atomic mass is 32.1. The number of anilines is 1. The van der Waals surface area contributed by atoms with Crippen LogP contribution in [-0.2, 0) is 0 Å². The molecule has 0 aliphatic heterocycles. The molecule has 29 heavy (non-hydrogen) atoms. The summed E-state index contributed by atoms with van der Waals surface area (Å²) < 4.78 is 0.819. The molecular formula is C21H15N3O4S. The van der Waals surface area contributed by atoms with Crippen LogP contribution < -0.4 is 11.1 Å². The molecule has 8 heteroatoms. The molecule has 0 saturated heterocycles. The molecule has 0 bridgehead atoms. The summed E-state index contributed by atoms with van der Waals surface area (Å²) in [4.78, 5) is 38.0. The molecule has 4 rings (SSSR count). The van der Waals surface area contributed by atoms with Crippen LogP contribution in [0.25, 0.3) is 10.9 Å². The summed E-state index contributed by atoms with van der Waals surface area (Å²) in [6, 6.07) is 14.0. The molecule has 0 spiro atoms. The predicted octanol–water partition coefficient (Wildman–Crippen LogP) is 3.82. The van der Waals surface area contributed by atoms with E-state index in [0.717, 1.165) is 4.57 Å². The molecule has 0 aliphatic rings. The highest BCUT2D eigenvalue weighted by molar-refractivity contribution is 7.08. The lowest BCUT2D eigenvalue weighted by Crippen LogP contribution is -2.19. The quantitative estimate of drug-likeness (QED) is 0.448. The van der Waals surface area contributed by atoms with Crippen molar-refractivity contribution in [1.29, 1.82) is 0 Å². The number of hydrogen-bond acceptors (Lipinski definition) is 5. The average Bonchev–Trinajstić information content (AvgIpc) is 3.33. The molecule has 2 amide bonds. The van der Waals surface area contributed by atoms with Crippen LogP contribution in [0.4, 0.5) is 10.5 Å². The van der Waals surface area contributed by atoms with E-state index >= 15 is 0 Å². The van der Waals surface area contributed by atoms with E-state index in [4.69, 9.17) is 5.73 Å². The maximum absolute atomic E-state index is 13.0. The molecule has 0 unspecified atom stereocenters. The van der Waals surface area contributed by atoms with Crippen molar-refractivity contribution >= 4 is 45.6 Å². The fourth-order valence-corrected chi connectivity index (χ4v) is 3.85. The van der Waals surface area contributed by atoms with Gasteiger partial charge >= 0.3 is 6.03 Å². The topological polar surface area (TPSA) is 114 Å². The zero-order valence-electron chi connectivity index (χ0n) is 15.0. The first-order valence-electron chi connectivity index (χ1n) is 8.58. The first kappa shape index (κ1) is 18.5. The van der Waals surface area contributed by atoms with Crippen molar-refractivity contribution in [2.75, 3.05) is 5.32 Å². The lowest BCUT2D eigenvalue weighted by Gasteiger charge is -2.07. The average molecular weight is 405 g/mol. The van der Waals surface area contributed by atoms with Crippen LogP contribution >= 0.6 is 11.3 Å². The minimum Gasteiger partial charge on any atom is -0.494 e. The number of carbonyl (C=O) groups excluding carboxylic acids is 3. The lowest BCUT2D eigenvalue weighted by atomic mass is 9.99. The third-order valence-electron chi connectivity index (χ3n) is 4.48. The Balaban J connectivity index is 1.95. The van der Waals surface area contributed by atoms with E-state index in [9.17, 15) is 19.5 Å². The van der Waals surface area contributed by atoms with Crippen LogP contribution in [0.15, 0.2) is 65.4 Å². The number of thiophene rings is 1. The third kappa shape index (κ3) is 3.15. The highest BCUT2D eigenvalue weighted by Gasteiger charge is 2.28. The standard InChI is InChI=1S/C21H15N3O4S/c22-21(28)24-15-8-4-7-14(18(25)12-9-10-29-11-12)16(15)17(20(24)27)19(26)23-13-5-2-1-3-6-13/h1-11,27H,(H2,22,28)(H,23,26). The molecule has 4 aromatic rings. The summed E-state index contributed by atoms with van der Waals surface area (Å²) in [6.07, 6.45) is 0. The number of ketones is 1. The fourth-order valence-electron chi connectivity index (χ4n) is 3.22. The Hall–Kier alpha value is -3.91. The number of amides is 2. The van der Waals surface area contributed by atoms with Crippen LogP contribution in [-0.4, -0.2) is 27.4 Å². The van der Waals surface area contributed by atoms with E-state index in [0.29, 0.717) is 11.3 Å². The molecule has 2 aromatic carbocycles. The Bertz CT molecular complexity index is 1240. The van der Waals surface area contributed by atoms with Crippen LogP contribution in [0, 0.1) is 0 Å². The Kier molecular flexibility index (Phi) is 4.61. The van der Waals surface area contributed by atoms with Crippen LogP contribution in [0.5, 0.6) is 5.88 Å². The minimum absolute atomic E-state index is 0.161. The second-order valence-electron chi connectivity index (χ2n) is 6.23. The van der Waals surface area contributed by atoms with Gasteiger partial charge in [0.15, 0.2) is 5.78 Å². The van der Waals surface area contributed by atoms with E-state index < -0.39 is 17.8 Å². The number of nitrogens with one attached hydrogen (secondary N) is 1. The molecule has 7 nitrogen and oxygen atoms in total. The number of rotatable bonds is 4. The molecule has 0 fully saturated rings. The summed E-state index contributed by atoms with van der Waals surface area (Å²) in [5.41, 5.74) is 6.53. The molecule has 0 aliphatic carbocycles. The Morgan fingerprint density at radius 3 is 2.41 bits per heavy atom. The molecule has 4 N–H and O–H groups in total. The first-order chi connectivity index (χ1) is 14.0. The number of aromatic hydroxyl groups is 1. The maximum Gasteiger partial charge on any atom is 0.326 e. The summed E-state index contributed by atoms with van der Waals surface area (Å²) in [5.74, 6) is -1.61.